The van der Waals surface area contributed by atoms with E-state index in [9.17, 15) is 0 Å². The maximum absolute atomic E-state index is 2.44. The van der Waals surface area contributed by atoms with Gasteiger partial charge in [0.25, 0.3) is 0 Å². The highest BCUT2D eigenvalue weighted by Gasteiger charge is 2.22. The monoisotopic (exact) mass is 840 g/mol. The van der Waals surface area contributed by atoms with Gasteiger partial charge in [0.2, 0.25) is 0 Å². The van der Waals surface area contributed by atoms with Crippen LogP contribution in [0.3, 0.4) is 0 Å². The van der Waals surface area contributed by atoms with Crippen LogP contribution in [-0.4, -0.2) is 4.57 Å². The van der Waals surface area contributed by atoms with Gasteiger partial charge >= 0.3 is 0 Å². The molecule has 2 nitrogen and oxygen atoms in total. The molecular weight excluding hydrogens is 797 g/mol. The zero-order valence-electron chi connectivity index (χ0n) is 36.3. The second-order valence-electron chi connectivity index (χ2n) is 16.8. The van der Waals surface area contributed by atoms with Crippen molar-refractivity contribution in [2.24, 2.45) is 0 Å². The first-order valence-electron chi connectivity index (χ1n) is 22.7. The van der Waals surface area contributed by atoms with Crippen LogP contribution in [0, 0.1) is 0 Å². The first-order valence-corrected chi connectivity index (χ1v) is 22.7. The summed E-state index contributed by atoms with van der Waals surface area (Å²) >= 11 is 0. The predicted molar refractivity (Wildman–Crippen MR) is 280 cm³/mol. The van der Waals surface area contributed by atoms with Crippen LogP contribution in [0.2, 0.25) is 0 Å². The van der Waals surface area contributed by atoms with Gasteiger partial charge in [-0.25, -0.2) is 0 Å². The van der Waals surface area contributed by atoms with Crippen LogP contribution in [0.25, 0.3) is 93.9 Å². The largest absolute Gasteiger partial charge is 0.310 e. The van der Waals surface area contributed by atoms with E-state index < -0.39 is 0 Å². The van der Waals surface area contributed by atoms with E-state index in [0.717, 1.165) is 33.9 Å². The van der Waals surface area contributed by atoms with Gasteiger partial charge < -0.3 is 9.47 Å². The molecule has 0 spiro atoms. The molecule has 0 aliphatic rings. The molecule has 12 rings (SSSR count). The van der Waals surface area contributed by atoms with Gasteiger partial charge in [0.15, 0.2) is 0 Å². The van der Waals surface area contributed by atoms with Crippen molar-refractivity contribution < 1.29 is 0 Å². The molecule has 66 heavy (non-hydrogen) atoms. The molecule has 11 aromatic carbocycles. The molecule has 0 bridgehead atoms. The fraction of sp³-hybridized carbons (Fsp3) is 0. The molecule has 310 valence electrons. The molecule has 0 atom stereocenters. The number of para-hydroxylation sites is 3. The summed E-state index contributed by atoms with van der Waals surface area (Å²) in [6.45, 7) is 0. The number of rotatable bonds is 9. The SMILES string of the molecule is c1ccc(-c2ccc(N(c3ccc(-c4ccccc4-n4c5ccccc5c5ccccc54)c(-c4ccccc4)c3)c3ccc(-c4ccccc4-c4ccccc4)c4ccccc34)cc2)cc1. The standard InChI is InChI=1S/C64H44N2/c1-4-20-45(21-5-1)46-36-38-49(39-37-46)65(64-43-42-54(53-28-12-13-29-56(53)64)52-27-11-10-26-51(52)47-22-6-2-7-23-47)50-40-41-55(60(44-50)48-24-8-3-9-25-48)57-30-14-17-33-61(57)66-62-34-18-15-31-58(62)59-32-16-19-35-63(59)66/h1-44H. The normalized spacial score (nSPS) is 11.3. The van der Waals surface area contributed by atoms with E-state index in [4.69, 9.17) is 0 Å². The van der Waals surface area contributed by atoms with Crippen molar-refractivity contribution >= 4 is 49.6 Å². The van der Waals surface area contributed by atoms with Crippen LogP contribution in [-0.2, 0) is 0 Å². The zero-order valence-corrected chi connectivity index (χ0v) is 36.3. The fourth-order valence-corrected chi connectivity index (χ4v) is 10.0. The molecule has 0 radical (unpaired) electrons. The summed E-state index contributed by atoms with van der Waals surface area (Å²) in [5, 5.41) is 4.87. The number of aromatic nitrogens is 1. The lowest BCUT2D eigenvalue weighted by Gasteiger charge is -2.29. The maximum atomic E-state index is 2.44. The van der Waals surface area contributed by atoms with Crippen LogP contribution in [0.5, 0.6) is 0 Å². The van der Waals surface area contributed by atoms with Crippen LogP contribution in [0.15, 0.2) is 267 Å². The molecule has 0 N–H and O–H groups in total. The molecule has 1 aromatic heterocycles. The van der Waals surface area contributed by atoms with Crippen molar-refractivity contribution in [3.8, 4) is 61.3 Å². The Kier molecular flexibility index (Phi) is 9.89. The molecule has 0 amide bonds. The van der Waals surface area contributed by atoms with Gasteiger partial charge in [0.05, 0.1) is 22.4 Å². The van der Waals surface area contributed by atoms with E-state index in [-0.39, 0.29) is 0 Å². The summed E-state index contributed by atoms with van der Waals surface area (Å²) in [6, 6.07) is 96.9. The Balaban J connectivity index is 1.08. The number of fused-ring (bicyclic) bond motifs is 4. The average Bonchev–Trinajstić information content (AvgIpc) is 3.74. The molecule has 2 heteroatoms. The number of hydrogen-bond donors (Lipinski definition) is 0. The van der Waals surface area contributed by atoms with Crippen molar-refractivity contribution in [2.75, 3.05) is 4.90 Å². The third kappa shape index (κ3) is 6.84. The second-order valence-corrected chi connectivity index (χ2v) is 16.8. The topological polar surface area (TPSA) is 8.17 Å². The average molecular weight is 841 g/mol. The van der Waals surface area contributed by atoms with Crippen molar-refractivity contribution in [3.05, 3.63) is 267 Å². The molecular formula is C64H44N2. The molecule has 12 aromatic rings. The highest BCUT2D eigenvalue weighted by molar-refractivity contribution is 6.11. The summed E-state index contributed by atoms with van der Waals surface area (Å²) in [5.74, 6) is 0. The van der Waals surface area contributed by atoms with Gasteiger partial charge in [-0.1, -0.05) is 218 Å². The van der Waals surface area contributed by atoms with E-state index in [1.807, 2.05) is 0 Å². The minimum absolute atomic E-state index is 1.07. The van der Waals surface area contributed by atoms with Gasteiger partial charge in [0.1, 0.15) is 0 Å². The van der Waals surface area contributed by atoms with Crippen molar-refractivity contribution in [2.45, 2.75) is 0 Å². The number of benzene rings is 11. The fourth-order valence-electron chi connectivity index (χ4n) is 10.0. The van der Waals surface area contributed by atoms with Gasteiger partial charge in [0, 0.05) is 33.1 Å². The first-order chi connectivity index (χ1) is 32.8. The Morgan fingerprint density at radius 2 is 0.682 bits per heavy atom. The Morgan fingerprint density at radius 1 is 0.242 bits per heavy atom. The molecule has 0 saturated carbocycles. The summed E-state index contributed by atoms with van der Waals surface area (Å²) in [4.78, 5) is 2.44. The first kappa shape index (κ1) is 38.9. The summed E-state index contributed by atoms with van der Waals surface area (Å²) in [7, 11) is 0. The van der Waals surface area contributed by atoms with Gasteiger partial charge in [-0.05, 0) is 104 Å². The zero-order chi connectivity index (χ0) is 43.8. The van der Waals surface area contributed by atoms with Crippen molar-refractivity contribution in [3.63, 3.8) is 0 Å². The van der Waals surface area contributed by atoms with E-state index >= 15 is 0 Å². The smallest absolute Gasteiger partial charge is 0.0541 e. The van der Waals surface area contributed by atoms with Crippen molar-refractivity contribution in [1.82, 2.24) is 4.57 Å². The Labute approximate surface area is 385 Å². The maximum Gasteiger partial charge on any atom is 0.0541 e. The van der Waals surface area contributed by atoms with Crippen LogP contribution >= 0.6 is 0 Å². The molecule has 0 unspecified atom stereocenters. The lowest BCUT2D eigenvalue weighted by Crippen LogP contribution is -2.11. The second kappa shape index (κ2) is 16.8. The Bertz CT molecular complexity index is 3630. The minimum atomic E-state index is 1.07. The number of nitrogens with zero attached hydrogens (tertiary/aromatic N) is 2. The lowest BCUT2D eigenvalue weighted by atomic mass is 9.90. The number of anilines is 3. The van der Waals surface area contributed by atoms with Crippen LogP contribution in [0.4, 0.5) is 17.1 Å². The highest BCUT2D eigenvalue weighted by atomic mass is 15.1. The van der Waals surface area contributed by atoms with Gasteiger partial charge in [-0.3, -0.25) is 0 Å². The predicted octanol–water partition coefficient (Wildman–Crippen LogP) is 17.7. The third-order valence-electron chi connectivity index (χ3n) is 13.0. The summed E-state index contributed by atoms with van der Waals surface area (Å²) in [6.07, 6.45) is 0. The van der Waals surface area contributed by atoms with Crippen molar-refractivity contribution in [1.29, 1.82) is 0 Å². The quantitative estimate of drug-likeness (QED) is 0.141. The third-order valence-corrected chi connectivity index (χ3v) is 13.0. The molecule has 0 aliphatic heterocycles. The van der Waals surface area contributed by atoms with E-state index in [0.29, 0.717) is 0 Å². The Hall–Kier alpha value is -8.72. The summed E-state index contributed by atoms with van der Waals surface area (Å²) < 4.78 is 2.44. The Morgan fingerprint density at radius 3 is 1.33 bits per heavy atom. The summed E-state index contributed by atoms with van der Waals surface area (Å²) in [5.41, 5.74) is 18.6. The highest BCUT2D eigenvalue weighted by Crippen LogP contribution is 2.47. The molecule has 0 saturated heterocycles. The van der Waals surface area contributed by atoms with E-state index in [1.165, 1.54) is 77.1 Å². The molecule has 0 aliphatic carbocycles. The number of hydrogen-bond acceptors (Lipinski definition) is 1. The van der Waals surface area contributed by atoms with Crippen LogP contribution in [0.1, 0.15) is 0 Å². The van der Waals surface area contributed by atoms with E-state index in [1.54, 1.807) is 0 Å². The van der Waals surface area contributed by atoms with Gasteiger partial charge in [-0.15, -0.1) is 0 Å². The van der Waals surface area contributed by atoms with Crippen LogP contribution < -0.4 is 4.90 Å². The minimum Gasteiger partial charge on any atom is -0.310 e. The van der Waals surface area contributed by atoms with Gasteiger partial charge in [-0.2, -0.15) is 0 Å². The van der Waals surface area contributed by atoms with E-state index in [2.05, 4.69) is 276 Å². The molecule has 1 heterocycles. The molecule has 0 fully saturated rings. The lowest BCUT2D eigenvalue weighted by molar-refractivity contribution is 1.18.